The normalized spacial score (nSPS) is 16.0. The molecule has 4 heteroatoms. The maximum atomic E-state index is 11.3. The maximum absolute atomic E-state index is 11.3. The molecule has 1 heterocycles. The first-order chi connectivity index (χ1) is 6.70. The van der Waals surface area contributed by atoms with E-state index in [1.807, 2.05) is 0 Å². The van der Waals surface area contributed by atoms with Crippen molar-refractivity contribution in [2.75, 3.05) is 4.90 Å². The van der Waals surface area contributed by atoms with Crippen molar-refractivity contribution in [3.63, 3.8) is 0 Å². The van der Waals surface area contributed by atoms with Crippen LogP contribution in [0.25, 0.3) is 0 Å². The first-order valence-electron chi connectivity index (χ1n) is 4.04. The molecule has 2 amide bonds. The monoisotopic (exact) mass is 189 g/mol. The summed E-state index contributed by atoms with van der Waals surface area (Å²) in [6, 6.07) is 8.46. The van der Waals surface area contributed by atoms with Gasteiger partial charge in [-0.15, -0.1) is 0 Å². The van der Waals surface area contributed by atoms with Gasteiger partial charge in [0.15, 0.2) is 5.76 Å². The lowest BCUT2D eigenvalue weighted by atomic mass is 10.3. The number of hydrogen-bond acceptors (Lipinski definition) is 3. The van der Waals surface area contributed by atoms with Crippen LogP contribution in [-0.2, 0) is 9.59 Å². The van der Waals surface area contributed by atoms with Gasteiger partial charge in [-0.2, -0.15) is 0 Å². The molecule has 14 heavy (non-hydrogen) atoms. The molecule has 2 rings (SSSR count). The Hall–Kier alpha value is -2.10. The van der Waals surface area contributed by atoms with E-state index in [-0.39, 0.29) is 0 Å². The summed E-state index contributed by atoms with van der Waals surface area (Å²) in [6.07, 6.45) is 0.912. The van der Waals surface area contributed by atoms with Gasteiger partial charge in [-0.1, -0.05) is 18.2 Å². The molecule has 0 unspecified atom stereocenters. The molecule has 0 aliphatic carbocycles. The third kappa shape index (κ3) is 1.17. The van der Waals surface area contributed by atoms with E-state index >= 15 is 0 Å². The van der Waals surface area contributed by atoms with Crippen molar-refractivity contribution < 1.29 is 14.7 Å². The van der Waals surface area contributed by atoms with Gasteiger partial charge in [-0.3, -0.25) is 9.59 Å². The number of amides is 2. The Morgan fingerprint density at radius 3 is 2.21 bits per heavy atom. The maximum Gasteiger partial charge on any atom is 0.300 e. The number of carbonyl (C=O) groups excluding carboxylic acids is 2. The fourth-order valence-corrected chi connectivity index (χ4v) is 1.28. The van der Waals surface area contributed by atoms with Crippen LogP contribution in [0.1, 0.15) is 0 Å². The fraction of sp³-hybridized carbons (Fsp3) is 0. The van der Waals surface area contributed by atoms with Crippen LogP contribution in [0.3, 0.4) is 0 Å². The summed E-state index contributed by atoms with van der Waals surface area (Å²) in [5.41, 5.74) is 0.461. The quantitative estimate of drug-likeness (QED) is 0.670. The van der Waals surface area contributed by atoms with E-state index < -0.39 is 17.6 Å². The van der Waals surface area contributed by atoms with E-state index in [0.29, 0.717) is 5.69 Å². The van der Waals surface area contributed by atoms with Gasteiger partial charge in [0.1, 0.15) is 0 Å². The standard InChI is InChI=1S/C10H7NO3/c12-8-6-9(13)11(10(8)14)7-4-2-1-3-5-7/h1-6,12H. The average molecular weight is 189 g/mol. The van der Waals surface area contributed by atoms with Gasteiger partial charge in [0.2, 0.25) is 0 Å². The van der Waals surface area contributed by atoms with Gasteiger partial charge in [-0.05, 0) is 12.1 Å². The summed E-state index contributed by atoms with van der Waals surface area (Å²) in [4.78, 5) is 23.5. The van der Waals surface area contributed by atoms with Crippen molar-refractivity contribution in [3.8, 4) is 0 Å². The number of aliphatic hydroxyl groups excluding tert-OH is 1. The minimum Gasteiger partial charge on any atom is -0.503 e. The smallest absolute Gasteiger partial charge is 0.300 e. The average Bonchev–Trinajstić information content (AvgIpc) is 2.43. The number of carbonyl (C=O) groups is 2. The Bertz CT molecular complexity index is 422. The molecule has 0 aromatic heterocycles. The summed E-state index contributed by atoms with van der Waals surface area (Å²) in [6.45, 7) is 0. The number of nitrogens with zero attached hydrogens (tertiary/aromatic N) is 1. The fourth-order valence-electron chi connectivity index (χ4n) is 1.28. The van der Waals surface area contributed by atoms with Gasteiger partial charge in [0.05, 0.1) is 11.8 Å². The molecule has 0 spiro atoms. The van der Waals surface area contributed by atoms with Crippen molar-refractivity contribution in [1.29, 1.82) is 0 Å². The Morgan fingerprint density at radius 2 is 1.71 bits per heavy atom. The molecule has 0 saturated carbocycles. The van der Waals surface area contributed by atoms with Crippen LogP contribution in [0.15, 0.2) is 42.2 Å². The molecule has 4 nitrogen and oxygen atoms in total. The van der Waals surface area contributed by atoms with Crippen LogP contribution in [0.2, 0.25) is 0 Å². The Kier molecular flexibility index (Phi) is 1.81. The van der Waals surface area contributed by atoms with Crippen molar-refractivity contribution >= 4 is 17.5 Å². The zero-order valence-corrected chi connectivity index (χ0v) is 7.18. The zero-order valence-electron chi connectivity index (χ0n) is 7.18. The zero-order chi connectivity index (χ0) is 10.1. The number of anilines is 1. The number of rotatable bonds is 1. The number of hydrogen-bond donors (Lipinski definition) is 1. The molecule has 1 aliphatic heterocycles. The lowest BCUT2D eigenvalue weighted by molar-refractivity contribution is -0.121. The van der Waals surface area contributed by atoms with E-state index in [0.717, 1.165) is 11.0 Å². The minimum absolute atomic E-state index is 0.461. The Balaban J connectivity index is 2.39. The topological polar surface area (TPSA) is 57.6 Å². The van der Waals surface area contributed by atoms with Crippen LogP contribution >= 0.6 is 0 Å². The molecule has 0 saturated heterocycles. The molecule has 1 N–H and O–H groups in total. The molecule has 0 atom stereocenters. The van der Waals surface area contributed by atoms with E-state index in [1.54, 1.807) is 30.3 Å². The molecule has 0 bridgehead atoms. The molecule has 1 aromatic carbocycles. The molecular formula is C10H7NO3. The lowest BCUT2D eigenvalue weighted by Crippen LogP contribution is -2.30. The molecule has 1 aromatic rings. The second-order valence-electron chi connectivity index (χ2n) is 2.84. The van der Waals surface area contributed by atoms with Gasteiger partial charge < -0.3 is 5.11 Å². The third-order valence-corrected chi connectivity index (χ3v) is 1.92. The van der Waals surface area contributed by atoms with Gasteiger partial charge in [0, 0.05) is 0 Å². The molecule has 70 valence electrons. The summed E-state index contributed by atoms with van der Waals surface area (Å²) >= 11 is 0. The summed E-state index contributed by atoms with van der Waals surface area (Å²) in [5.74, 6) is -1.71. The van der Waals surface area contributed by atoms with Crippen LogP contribution in [0.4, 0.5) is 5.69 Å². The Labute approximate surface area is 80.1 Å². The first-order valence-corrected chi connectivity index (χ1v) is 4.04. The molecular weight excluding hydrogens is 182 g/mol. The van der Waals surface area contributed by atoms with E-state index in [4.69, 9.17) is 5.11 Å². The highest BCUT2D eigenvalue weighted by atomic mass is 16.3. The van der Waals surface area contributed by atoms with Crippen molar-refractivity contribution in [2.45, 2.75) is 0 Å². The third-order valence-electron chi connectivity index (χ3n) is 1.92. The molecule has 1 aliphatic rings. The highest BCUT2D eigenvalue weighted by Gasteiger charge is 2.31. The minimum atomic E-state index is -0.679. The number of benzene rings is 1. The van der Waals surface area contributed by atoms with Crippen LogP contribution < -0.4 is 4.90 Å². The summed E-state index contributed by atoms with van der Waals surface area (Å²) in [7, 11) is 0. The summed E-state index contributed by atoms with van der Waals surface area (Å²) < 4.78 is 0. The van der Waals surface area contributed by atoms with Crippen LogP contribution in [0, 0.1) is 0 Å². The predicted octanol–water partition coefficient (Wildman–Crippen LogP) is 1.00. The Morgan fingerprint density at radius 1 is 1.07 bits per heavy atom. The number of aliphatic hydroxyl groups is 1. The van der Waals surface area contributed by atoms with Gasteiger partial charge >= 0.3 is 0 Å². The lowest BCUT2D eigenvalue weighted by Gasteiger charge is -2.12. The van der Waals surface area contributed by atoms with Crippen molar-refractivity contribution in [1.82, 2.24) is 0 Å². The second-order valence-corrected chi connectivity index (χ2v) is 2.84. The predicted molar refractivity (Wildman–Crippen MR) is 49.6 cm³/mol. The molecule has 0 radical (unpaired) electrons. The van der Waals surface area contributed by atoms with Crippen LogP contribution in [-0.4, -0.2) is 16.9 Å². The van der Waals surface area contributed by atoms with Gasteiger partial charge in [-0.25, -0.2) is 4.90 Å². The van der Waals surface area contributed by atoms with Crippen LogP contribution in [0.5, 0.6) is 0 Å². The first kappa shape index (κ1) is 8.50. The summed E-state index contributed by atoms with van der Waals surface area (Å²) in [5, 5.41) is 9.05. The molecule has 0 fully saturated rings. The van der Waals surface area contributed by atoms with E-state index in [2.05, 4.69) is 0 Å². The van der Waals surface area contributed by atoms with E-state index in [9.17, 15) is 9.59 Å². The number of imide groups is 1. The second kappa shape index (κ2) is 2.99. The number of para-hydroxylation sites is 1. The van der Waals surface area contributed by atoms with Crippen molar-refractivity contribution in [3.05, 3.63) is 42.2 Å². The SMILES string of the molecule is O=C1C=C(O)C(=O)N1c1ccccc1. The van der Waals surface area contributed by atoms with E-state index in [1.165, 1.54) is 0 Å². The highest BCUT2D eigenvalue weighted by Crippen LogP contribution is 2.20. The highest BCUT2D eigenvalue weighted by molar-refractivity contribution is 6.29. The van der Waals surface area contributed by atoms with Gasteiger partial charge in [0.25, 0.3) is 11.8 Å². The van der Waals surface area contributed by atoms with Crippen molar-refractivity contribution in [2.24, 2.45) is 0 Å². The largest absolute Gasteiger partial charge is 0.503 e.